The molecule has 0 bridgehead atoms. The summed E-state index contributed by atoms with van der Waals surface area (Å²) in [5, 5.41) is 92.1. The van der Waals surface area contributed by atoms with Crippen molar-refractivity contribution in [1.29, 1.82) is 0 Å². The summed E-state index contributed by atoms with van der Waals surface area (Å²) in [7, 11) is 0. The molecule has 13 nitrogen and oxygen atoms in total. The Balaban J connectivity index is 2.24. The second-order valence-corrected chi connectivity index (χ2v) is 7.84. The molecule has 0 aromatic heterocycles. The van der Waals surface area contributed by atoms with E-state index in [1.165, 1.54) is 0 Å². The number of hydrogen-bond donors (Lipinski definition) is 10. The van der Waals surface area contributed by atoms with Gasteiger partial charge in [0.05, 0.1) is 31.5 Å². The maximum atomic E-state index is 11.5. The van der Waals surface area contributed by atoms with E-state index < -0.39 is 98.7 Å². The van der Waals surface area contributed by atoms with Crippen molar-refractivity contribution in [3.05, 3.63) is 0 Å². The van der Waals surface area contributed by atoms with E-state index in [2.05, 4.69) is 5.32 Å². The van der Waals surface area contributed by atoms with Crippen molar-refractivity contribution in [2.75, 3.05) is 13.2 Å². The molecule has 0 aliphatic carbocycles. The van der Waals surface area contributed by atoms with Crippen molar-refractivity contribution in [3.63, 3.8) is 0 Å². The number of hydrogen-bond acceptors (Lipinski definition) is 12. The molecule has 30 heavy (non-hydrogen) atoms. The molecule has 2 fully saturated rings. The maximum absolute atomic E-state index is 11.5. The lowest BCUT2D eigenvalue weighted by Gasteiger charge is -2.49. The molecule has 1 unspecified atom stereocenters. The van der Waals surface area contributed by atoms with Gasteiger partial charge in [-0.25, -0.2) is 0 Å². The highest BCUT2D eigenvalue weighted by Crippen LogP contribution is 2.36. The summed E-state index contributed by atoms with van der Waals surface area (Å²) in [6.45, 7) is -0.402. The molecular weight excluding hydrogens is 410 g/mol. The first kappa shape index (κ1) is 25.3. The molecule has 0 saturated carbocycles. The van der Waals surface area contributed by atoms with E-state index in [1.54, 1.807) is 0 Å². The largest absolute Gasteiger partial charge is 0.394 e. The Bertz CT molecular complexity index is 579. The van der Waals surface area contributed by atoms with E-state index in [0.29, 0.717) is 0 Å². The first-order valence-corrected chi connectivity index (χ1v) is 9.57. The molecule has 0 aromatic carbocycles. The Morgan fingerprint density at radius 1 is 1.10 bits per heavy atom. The van der Waals surface area contributed by atoms with Crippen LogP contribution in [0.15, 0.2) is 0 Å². The number of amides is 1. The molecule has 1 amide bonds. The van der Waals surface area contributed by atoms with Crippen LogP contribution in [0.25, 0.3) is 0 Å². The molecule has 176 valence electrons. The fourth-order valence-electron chi connectivity index (χ4n) is 3.86. The average Bonchev–Trinajstić information content (AvgIpc) is 2.68. The highest BCUT2D eigenvalue weighted by Gasteiger charge is 2.53. The molecule has 0 spiro atoms. The topological polar surface area (TPSA) is 230 Å². The van der Waals surface area contributed by atoms with Gasteiger partial charge in [-0.1, -0.05) is 0 Å². The van der Waals surface area contributed by atoms with E-state index in [-0.39, 0.29) is 0 Å². The van der Waals surface area contributed by atoms with Crippen LogP contribution in [0.3, 0.4) is 0 Å². The molecule has 2 aliphatic heterocycles. The van der Waals surface area contributed by atoms with Gasteiger partial charge >= 0.3 is 0 Å². The van der Waals surface area contributed by atoms with Crippen LogP contribution in [0.1, 0.15) is 19.8 Å². The Morgan fingerprint density at radius 3 is 2.23 bits per heavy atom. The van der Waals surface area contributed by atoms with E-state index >= 15 is 0 Å². The van der Waals surface area contributed by atoms with E-state index in [9.17, 15) is 45.6 Å². The highest BCUT2D eigenvalue weighted by molar-refractivity contribution is 5.73. The molecule has 11 atom stereocenters. The van der Waals surface area contributed by atoms with Crippen molar-refractivity contribution < 1.29 is 60.2 Å². The molecule has 2 saturated heterocycles. The van der Waals surface area contributed by atoms with Crippen LogP contribution in [0, 0.1) is 0 Å². The molecule has 2 aliphatic rings. The maximum Gasteiger partial charge on any atom is 0.217 e. The minimum Gasteiger partial charge on any atom is -0.394 e. The van der Waals surface area contributed by atoms with Crippen molar-refractivity contribution in [3.8, 4) is 0 Å². The van der Waals surface area contributed by atoms with Crippen LogP contribution >= 0.6 is 0 Å². The average molecular weight is 441 g/mol. The zero-order valence-corrected chi connectivity index (χ0v) is 16.4. The van der Waals surface area contributed by atoms with Crippen LogP contribution in [-0.4, -0.2) is 132 Å². The summed E-state index contributed by atoms with van der Waals surface area (Å²) < 4.78 is 10.8. The number of carbonyl (C=O) groups excluding carboxylic acids is 1. The van der Waals surface area contributed by atoms with Gasteiger partial charge in [-0.05, 0) is 0 Å². The van der Waals surface area contributed by atoms with E-state index in [4.69, 9.17) is 14.6 Å². The predicted octanol–water partition coefficient (Wildman–Crippen LogP) is -5.72. The Hall–Kier alpha value is -0.970. The Labute approximate surface area is 172 Å². The van der Waals surface area contributed by atoms with Gasteiger partial charge in [-0.15, -0.1) is 0 Å². The molecule has 2 heterocycles. The van der Waals surface area contributed by atoms with Crippen LogP contribution in [0.2, 0.25) is 0 Å². The second kappa shape index (κ2) is 10.1. The molecule has 0 radical (unpaired) electrons. The SMILES string of the molecule is CC(=O)N[C@H]1[C@H]([C@H](O)[C@H](O)CO)O[C@](O)(CC2O[C@H](CO)[C@H](O)[C@H](O)[C@H]2O)C[C@@H]1O. The lowest BCUT2D eigenvalue weighted by molar-refractivity contribution is -0.324. The highest BCUT2D eigenvalue weighted by atomic mass is 16.6. The smallest absolute Gasteiger partial charge is 0.217 e. The molecule has 0 aromatic rings. The first-order valence-electron chi connectivity index (χ1n) is 9.57. The molecule has 2 rings (SSSR count). The van der Waals surface area contributed by atoms with Gasteiger partial charge < -0.3 is 60.7 Å². The molecule has 13 heteroatoms. The van der Waals surface area contributed by atoms with Crippen molar-refractivity contribution in [2.45, 2.75) is 86.5 Å². The van der Waals surface area contributed by atoms with Crippen molar-refractivity contribution in [1.82, 2.24) is 5.32 Å². The minimum absolute atomic E-state index is 0.509. The zero-order chi connectivity index (χ0) is 22.8. The summed E-state index contributed by atoms with van der Waals surface area (Å²) in [5.74, 6) is -2.85. The second-order valence-electron chi connectivity index (χ2n) is 7.84. The van der Waals surface area contributed by atoms with Gasteiger partial charge in [0.25, 0.3) is 0 Å². The first-order chi connectivity index (χ1) is 13.9. The monoisotopic (exact) mass is 441 g/mol. The lowest BCUT2D eigenvalue weighted by atomic mass is 9.84. The number of aliphatic hydroxyl groups excluding tert-OH is 8. The molecular formula is C17H31NO12. The fourth-order valence-corrected chi connectivity index (χ4v) is 3.86. The quantitative estimate of drug-likeness (QED) is 0.178. The predicted molar refractivity (Wildman–Crippen MR) is 95.5 cm³/mol. The number of ether oxygens (including phenoxy) is 2. The van der Waals surface area contributed by atoms with Crippen LogP contribution < -0.4 is 5.32 Å². The number of aliphatic hydroxyl groups is 9. The van der Waals surface area contributed by atoms with Crippen molar-refractivity contribution >= 4 is 5.91 Å². The fraction of sp³-hybridized carbons (Fsp3) is 0.941. The number of carbonyl (C=O) groups is 1. The van der Waals surface area contributed by atoms with E-state index in [0.717, 1.165) is 6.92 Å². The number of rotatable bonds is 7. The third-order valence-corrected chi connectivity index (χ3v) is 5.45. The third kappa shape index (κ3) is 5.44. The summed E-state index contributed by atoms with van der Waals surface area (Å²) in [4.78, 5) is 11.5. The van der Waals surface area contributed by atoms with Crippen molar-refractivity contribution in [2.24, 2.45) is 0 Å². The molecule has 10 N–H and O–H groups in total. The van der Waals surface area contributed by atoms with Gasteiger partial charge in [0, 0.05) is 19.8 Å². The summed E-state index contributed by atoms with van der Waals surface area (Å²) >= 11 is 0. The summed E-state index contributed by atoms with van der Waals surface area (Å²) in [5.41, 5.74) is 0. The van der Waals surface area contributed by atoms with Gasteiger partial charge in [0.1, 0.15) is 42.7 Å². The Morgan fingerprint density at radius 2 is 1.70 bits per heavy atom. The normalized spacial score (nSPS) is 44.3. The van der Waals surface area contributed by atoms with Gasteiger partial charge in [0.2, 0.25) is 5.91 Å². The van der Waals surface area contributed by atoms with E-state index in [1.807, 2.05) is 0 Å². The summed E-state index contributed by atoms with van der Waals surface area (Å²) in [6, 6.07) is -1.24. The lowest BCUT2D eigenvalue weighted by Crippen LogP contribution is -2.67. The standard InChI is InChI=1S/C17H31NO12/c1-6(21)18-11-7(22)2-17(28,30-16(11)12(24)8(23)4-19)3-9-13(25)15(27)14(26)10(5-20)29-9/h7-16,19-20,22-28H,2-5H2,1H3,(H,18,21)/t7-,8+,9?,10+,11+,12+,13-,14-,15+,16+,17-/m0/s1. The van der Waals surface area contributed by atoms with Crippen LogP contribution in [0.4, 0.5) is 0 Å². The Kier molecular flexibility index (Phi) is 8.51. The zero-order valence-electron chi connectivity index (χ0n) is 16.4. The van der Waals surface area contributed by atoms with Gasteiger partial charge in [0.15, 0.2) is 5.79 Å². The van der Waals surface area contributed by atoms with Gasteiger partial charge in [-0.3, -0.25) is 4.79 Å². The van der Waals surface area contributed by atoms with Crippen LogP contribution in [0.5, 0.6) is 0 Å². The number of nitrogens with one attached hydrogen (secondary N) is 1. The van der Waals surface area contributed by atoms with Gasteiger partial charge in [-0.2, -0.15) is 0 Å². The third-order valence-electron chi connectivity index (χ3n) is 5.45. The van der Waals surface area contributed by atoms with Crippen LogP contribution in [-0.2, 0) is 14.3 Å². The summed E-state index contributed by atoms with van der Waals surface area (Å²) in [6.07, 6.45) is -15.2. The minimum atomic E-state index is -2.26.